The van der Waals surface area contributed by atoms with Gasteiger partial charge in [-0.2, -0.15) is 12.8 Å². The molecule has 0 spiro atoms. The molecular weight excluding hydrogens is 319 g/mol. The fourth-order valence-electron chi connectivity index (χ4n) is 1.37. The molecule has 0 saturated heterocycles. The summed E-state index contributed by atoms with van der Waals surface area (Å²) in [5, 5.41) is 1.25. The van der Waals surface area contributed by atoms with Crippen molar-refractivity contribution in [2.75, 3.05) is 0 Å². The average Bonchev–Trinajstić information content (AvgIpc) is 2.48. The third kappa shape index (κ3) is 11.5. The van der Waals surface area contributed by atoms with Gasteiger partial charge in [-0.25, -0.2) is 8.42 Å². The largest absolute Gasteiger partial charge is 1.00 e. The molecule has 0 saturated carbocycles. The van der Waals surface area contributed by atoms with Gasteiger partial charge in [0, 0.05) is 5.41 Å². The van der Waals surface area contributed by atoms with Crippen molar-refractivity contribution < 1.29 is 36.8 Å². The van der Waals surface area contributed by atoms with Gasteiger partial charge in [-0.15, -0.1) is 0 Å². The topological polar surface area (TPSA) is 60.4 Å². The number of sulfone groups is 1. The zero-order valence-corrected chi connectivity index (χ0v) is 15.8. The summed E-state index contributed by atoms with van der Waals surface area (Å²) in [5.74, 6) is 0.124. The summed E-state index contributed by atoms with van der Waals surface area (Å²) < 4.78 is 28.1. The van der Waals surface area contributed by atoms with E-state index in [0.29, 0.717) is 17.7 Å². The Morgan fingerprint density at radius 3 is 2.00 bits per heavy atom. The van der Waals surface area contributed by atoms with Gasteiger partial charge < -0.3 is 23.4 Å². The van der Waals surface area contributed by atoms with Crippen molar-refractivity contribution in [2.45, 2.75) is 44.1 Å². The van der Waals surface area contributed by atoms with Gasteiger partial charge >= 0.3 is 18.9 Å². The average molecular weight is 344 g/mol. The Labute approximate surface area is 158 Å². The number of rotatable bonds is 6. The van der Waals surface area contributed by atoms with Gasteiger partial charge in [0.2, 0.25) is 0 Å². The second kappa shape index (κ2) is 12.4. The molecule has 1 aromatic carbocycles. The van der Waals surface area contributed by atoms with Gasteiger partial charge in [0.15, 0.2) is 9.84 Å². The Balaban J connectivity index is 0. The standard InChI is InChI=1S/C13H16O2S.C5H9O2.Li/c1-3-12(4-2)10-11-16(14,15)13-8-6-5-7-9-13;1-5(2,3)7-4-6;/h5-12H,1-4H2;1-3H3;/q-2;-1;+1/b11-10+;;. The zero-order chi connectivity index (χ0) is 17.9. The molecule has 0 aliphatic rings. The first-order valence-corrected chi connectivity index (χ1v) is 8.83. The van der Waals surface area contributed by atoms with E-state index in [1.165, 1.54) is 11.9 Å². The van der Waals surface area contributed by atoms with E-state index in [-0.39, 0.29) is 30.4 Å². The molecule has 0 aromatic heterocycles. The summed E-state index contributed by atoms with van der Waals surface area (Å²) in [7, 11) is -3.31. The van der Waals surface area contributed by atoms with Crippen LogP contribution in [0.3, 0.4) is 0 Å². The minimum absolute atomic E-state index is 0. The van der Waals surface area contributed by atoms with E-state index in [2.05, 4.69) is 18.6 Å². The molecule has 0 fully saturated rings. The van der Waals surface area contributed by atoms with Gasteiger partial charge in [0.25, 0.3) is 0 Å². The second-order valence-electron chi connectivity index (χ2n) is 5.82. The van der Waals surface area contributed by atoms with Gasteiger partial charge in [-0.3, -0.25) is 0 Å². The molecule has 0 radical (unpaired) electrons. The molecule has 4 nitrogen and oxygen atoms in total. The van der Waals surface area contributed by atoms with E-state index in [1.807, 2.05) is 0 Å². The number of hydrogen-bond donors (Lipinski definition) is 0. The Kier molecular flexibility index (Phi) is 13.0. The first kappa shape index (κ1) is 25.2. The first-order chi connectivity index (χ1) is 10.7. The van der Waals surface area contributed by atoms with Crippen molar-refractivity contribution in [1.29, 1.82) is 0 Å². The quantitative estimate of drug-likeness (QED) is 0.569. The molecule has 0 heterocycles. The monoisotopic (exact) mass is 344 g/mol. The van der Waals surface area contributed by atoms with E-state index in [0.717, 1.165) is 0 Å². The fourth-order valence-corrected chi connectivity index (χ4v) is 2.49. The van der Waals surface area contributed by atoms with E-state index in [9.17, 15) is 13.2 Å². The molecule has 1 aromatic rings. The molecule has 0 amide bonds. The smallest absolute Gasteiger partial charge is 0.649 e. The third-order valence-electron chi connectivity index (χ3n) is 2.69. The van der Waals surface area contributed by atoms with Crippen molar-refractivity contribution in [3.8, 4) is 0 Å². The number of allylic oxidation sites excluding steroid dienone is 1. The van der Waals surface area contributed by atoms with E-state index in [1.54, 1.807) is 57.2 Å². The van der Waals surface area contributed by atoms with Crippen molar-refractivity contribution >= 4 is 16.3 Å². The maximum absolute atomic E-state index is 11.8. The van der Waals surface area contributed by atoms with Crippen molar-refractivity contribution in [2.24, 2.45) is 5.92 Å². The molecular formula is C18H25LiO4S-2. The second-order valence-corrected chi connectivity index (χ2v) is 7.66. The van der Waals surface area contributed by atoms with Crippen LogP contribution in [0.15, 0.2) is 46.7 Å². The predicted octanol–water partition coefficient (Wildman–Crippen LogP) is 0.911. The molecule has 6 heteroatoms. The number of hydrogen-bond acceptors (Lipinski definition) is 4. The zero-order valence-electron chi connectivity index (χ0n) is 15.0. The molecule has 1 rings (SSSR count). The Morgan fingerprint density at radius 2 is 1.67 bits per heavy atom. The summed E-state index contributed by atoms with van der Waals surface area (Å²) in [6, 6.07) is 8.38. The Morgan fingerprint density at radius 1 is 1.17 bits per heavy atom. The molecule has 0 bridgehead atoms. The normalized spacial score (nSPS) is 11.4. The number of carbonyl (C=O) groups excluding carboxylic acids is 1. The van der Waals surface area contributed by atoms with Crippen molar-refractivity contribution in [3.05, 3.63) is 55.7 Å². The van der Waals surface area contributed by atoms with Gasteiger partial charge in [-0.1, -0.05) is 36.7 Å². The number of benzene rings is 1. The fraction of sp³-hybridized carbons (Fsp3) is 0.389. The number of ether oxygens (including phenoxy) is 1. The van der Waals surface area contributed by atoms with Crippen LogP contribution in [-0.2, 0) is 19.4 Å². The van der Waals surface area contributed by atoms with Gasteiger partial charge in [-0.05, 0) is 32.9 Å². The van der Waals surface area contributed by atoms with Crippen LogP contribution in [0.5, 0.6) is 0 Å². The minimum Gasteiger partial charge on any atom is -0.649 e. The molecule has 0 aliphatic heterocycles. The molecule has 130 valence electrons. The van der Waals surface area contributed by atoms with Crippen LogP contribution in [0.4, 0.5) is 0 Å². The van der Waals surface area contributed by atoms with Gasteiger partial charge in [0.05, 0.1) is 10.5 Å². The van der Waals surface area contributed by atoms with Gasteiger partial charge in [0.1, 0.15) is 0 Å². The van der Waals surface area contributed by atoms with E-state index in [4.69, 9.17) is 0 Å². The first-order valence-electron chi connectivity index (χ1n) is 7.28. The molecule has 0 aliphatic carbocycles. The van der Waals surface area contributed by atoms with Crippen LogP contribution in [0.25, 0.3) is 0 Å². The van der Waals surface area contributed by atoms with Crippen LogP contribution in [0.2, 0.25) is 0 Å². The SMILES string of the molecule is CC(C)(C)O[C-]=O.[CH2-]CC(/C=C/S(=O)(=O)c1ccccc1)C[CH2-].[Li+]. The predicted molar refractivity (Wildman–Crippen MR) is 92.7 cm³/mol. The van der Waals surface area contributed by atoms with Crippen molar-refractivity contribution in [1.82, 2.24) is 0 Å². The summed E-state index contributed by atoms with van der Waals surface area (Å²) in [6.45, 7) is 14.2. The summed E-state index contributed by atoms with van der Waals surface area (Å²) >= 11 is 0. The van der Waals surface area contributed by atoms with Crippen molar-refractivity contribution in [3.63, 3.8) is 0 Å². The molecule has 0 unspecified atom stereocenters. The van der Waals surface area contributed by atoms with Crippen LogP contribution in [0.1, 0.15) is 33.6 Å². The summed E-state index contributed by atoms with van der Waals surface area (Å²) in [6.07, 6.45) is 2.98. The molecule has 0 N–H and O–H groups in total. The maximum atomic E-state index is 11.8. The van der Waals surface area contributed by atoms with Crippen LogP contribution in [-0.4, -0.2) is 20.5 Å². The molecule has 24 heavy (non-hydrogen) atoms. The molecule has 0 atom stereocenters. The Hall–Kier alpha value is -1.02. The summed E-state index contributed by atoms with van der Waals surface area (Å²) in [4.78, 5) is 9.79. The Bertz CT molecular complexity index is 571. The van der Waals surface area contributed by atoms with Crippen LogP contribution >= 0.6 is 0 Å². The van der Waals surface area contributed by atoms with Crippen LogP contribution < -0.4 is 18.9 Å². The van der Waals surface area contributed by atoms with E-state index >= 15 is 0 Å². The van der Waals surface area contributed by atoms with Crippen LogP contribution in [0, 0.1) is 19.8 Å². The maximum Gasteiger partial charge on any atom is 1.00 e. The summed E-state index contributed by atoms with van der Waals surface area (Å²) in [5.41, 5.74) is -0.373. The van der Waals surface area contributed by atoms with E-state index < -0.39 is 9.84 Å². The third-order valence-corrected chi connectivity index (χ3v) is 4.14. The minimum atomic E-state index is -3.31.